The molecule has 0 saturated carbocycles. The van der Waals surface area contributed by atoms with Crippen molar-refractivity contribution in [3.05, 3.63) is 48.4 Å². The highest BCUT2D eigenvalue weighted by atomic mass is 16.2. The van der Waals surface area contributed by atoms with E-state index in [1.807, 2.05) is 35.9 Å². The molecule has 0 aliphatic rings. The number of pyridine rings is 1. The minimum Gasteiger partial charge on any atom is -0.349 e. The molecule has 3 heterocycles. The summed E-state index contributed by atoms with van der Waals surface area (Å²) in [6, 6.07) is 3.62. The topological polar surface area (TPSA) is 77.1 Å². The first-order chi connectivity index (χ1) is 10.1. The molecule has 3 aromatic rings. The molecule has 0 spiro atoms. The number of carbonyl (C=O) groups excluding carboxylic acids is 1. The largest absolute Gasteiger partial charge is 0.349 e. The Morgan fingerprint density at radius 3 is 3.10 bits per heavy atom. The van der Waals surface area contributed by atoms with E-state index in [4.69, 9.17) is 0 Å². The Balaban J connectivity index is 1.67. The maximum atomic E-state index is 12.0. The highest BCUT2D eigenvalue weighted by Gasteiger charge is 2.15. The van der Waals surface area contributed by atoms with Gasteiger partial charge in [0.1, 0.15) is 24.3 Å². The summed E-state index contributed by atoms with van der Waals surface area (Å²) in [6.07, 6.45) is 6.81. The lowest BCUT2D eigenvalue weighted by atomic mass is 10.3. The molecule has 7 nitrogen and oxygen atoms in total. The van der Waals surface area contributed by atoms with Crippen LogP contribution in [0, 0.1) is 6.92 Å². The van der Waals surface area contributed by atoms with Gasteiger partial charge in [0.05, 0.1) is 12.2 Å². The normalized spacial score (nSPS) is 12.5. The molecular formula is C14H16N6O. The van der Waals surface area contributed by atoms with Crippen LogP contribution >= 0.6 is 0 Å². The van der Waals surface area contributed by atoms with E-state index in [0.29, 0.717) is 6.54 Å². The van der Waals surface area contributed by atoms with Gasteiger partial charge in [0.25, 0.3) is 0 Å². The Hall–Kier alpha value is -2.70. The van der Waals surface area contributed by atoms with Crippen molar-refractivity contribution in [1.29, 1.82) is 0 Å². The molecule has 1 atom stereocenters. The van der Waals surface area contributed by atoms with E-state index < -0.39 is 6.04 Å². The number of amides is 1. The number of imidazole rings is 1. The summed E-state index contributed by atoms with van der Waals surface area (Å²) in [7, 11) is 0. The van der Waals surface area contributed by atoms with Crippen molar-refractivity contribution in [3.63, 3.8) is 0 Å². The fourth-order valence-corrected chi connectivity index (χ4v) is 2.08. The van der Waals surface area contributed by atoms with Gasteiger partial charge in [-0.3, -0.25) is 4.79 Å². The van der Waals surface area contributed by atoms with Gasteiger partial charge >= 0.3 is 0 Å². The number of rotatable bonds is 4. The molecule has 0 aliphatic heterocycles. The van der Waals surface area contributed by atoms with Crippen molar-refractivity contribution < 1.29 is 4.79 Å². The highest BCUT2D eigenvalue weighted by Crippen LogP contribution is 2.08. The number of hydrogen-bond acceptors (Lipinski definition) is 4. The summed E-state index contributed by atoms with van der Waals surface area (Å²) in [5.41, 5.74) is 2.85. The van der Waals surface area contributed by atoms with Gasteiger partial charge in [-0.1, -0.05) is 0 Å². The predicted molar refractivity (Wildman–Crippen MR) is 76.5 cm³/mol. The molecule has 3 rings (SSSR count). The molecule has 1 N–H and O–H groups in total. The summed E-state index contributed by atoms with van der Waals surface area (Å²) >= 11 is 0. The van der Waals surface area contributed by atoms with Crippen LogP contribution in [0.15, 0.2) is 37.2 Å². The van der Waals surface area contributed by atoms with Crippen LogP contribution in [0.5, 0.6) is 0 Å². The van der Waals surface area contributed by atoms with Gasteiger partial charge in [-0.05, 0) is 31.5 Å². The third-order valence-corrected chi connectivity index (χ3v) is 3.32. The van der Waals surface area contributed by atoms with E-state index in [0.717, 1.165) is 16.9 Å². The number of nitrogens with zero attached hydrogens (tertiary/aromatic N) is 5. The zero-order valence-electron chi connectivity index (χ0n) is 11.9. The predicted octanol–water partition coefficient (Wildman–Crippen LogP) is 1.11. The Bertz CT molecular complexity index is 761. The van der Waals surface area contributed by atoms with Gasteiger partial charge in [-0.2, -0.15) is 5.10 Å². The Morgan fingerprint density at radius 2 is 2.33 bits per heavy atom. The lowest BCUT2D eigenvalue weighted by Crippen LogP contribution is -2.30. The van der Waals surface area contributed by atoms with Crippen LogP contribution < -0.4 is 5.32 Å². The molecule has 0 aromatic carbocycles. The first kappa shape index (κ1) is 13.3. The minimum atomic E-state index is -0.397. The zero-order valence-corrected chi connectivity index (χ0v) is 11.9. The van der Waals surface area contributed by atoms with Gasteiger partial charge in [0, 0.05) is 12.4 Å². The molecule has 0 unspecified atom stereocenters. The minimum absolute atomic E-state index is 0.117. The van der Waals surface area contributed by atoms with Crippen LogP contribution in [-0.2, 0) is 11.3 Å². The second-order valence-corrected chi connectivity index (χ2v) is 4.97. The number of carbonyl (C=O) groups is 1. The highest BCUT2D eigenvalue weighted by molar-refractivity contribution is 5.79. The van der Waals surface area contributed by atoms with Gasteiger partial charge in [0.2, 0.25) is 5.91 Å². The van der Waals surface area contributed by atoms with E-state index in [1.165, 1.54) is 17.3 Å². The van der Waals surface area contributed by atoms with Crippen LogP contribution in [0.1, 0.15) is 24.2 Å². The molecule has 0 radical (unpaired) electrons. The fraction of sp³-hybridized carbons (Fsp3) is 0.286. The number of hydrogen-bond donors (Lipinski definition) is 1. The SMILES string of the molecule is Cc1ccn2cc(CNC(=O)[C@@H](C)n3cncn3)nc2c1. The standard InChI is InChI=1S/C14H16N6O/c1-10-3-4-19-7-12(18-13(19)5-10)6-16-14(21)11(2)20-9-15-8-17-20/h3-5,7-9,11H,6H2,1-2H3,(H,16,21)/t11-/m1/s1. The maximum Gasteiger partial charge on any atom is 0.244 e. The van der Waals surface area contributed by atoms with E-state index in [-0.39, 0.29) is 5.91 Å². The molecule has 108 valence electrons. The second-order valence-electron chi connectivity index (χ2n) is 4.97. The smallest absolute Gasteiger partial charge is 0.244 e. The third-order valence-electron chi connectivity index (χ3n) is 3.32. The summed E-state index contributed by atoms with van der Waals surface area (Å²) in [6.45, 7) is 4.19. The summed E-state index contributed by atoms with van der Waals surface area (Å²) < 4.78 is 3.46. The Labute approximate surface area is 121 Å². The molecule has 7 heteroatoms. The zero-order chi connectivity index (χ0) is 14.8. The summed E-state index contributed by atoms with van der Waals surface area (Å²) in [5, 5.41) is 6.82. The van der Waals surface area contributed by atoms with E-state index in [2.05, 4.69) is 20.4 Å². The first-order valence-electron chi connectivity index (χ1n) is 6.69. The van der Waals surface area contributed by atoms with E-state index in [1.54, 1.807) is 6.92 Å². The second kappa shape index (κ2) is 5.35. The van der Waals surface area contributed by atoms with Crippen molar-refractivity contribution >= 4 is 11.6 Å². The molecule has 0 aliphatic carbocycles. The van der Waals surface area contributed by atoms with Crippen LogP contribution in [0.25, 0.3) is 5.65 Å². The third kappa shape index (κ3) is 2.76. The maximum absolute atomic E-state index is 12.0. The summed E-state index contributed by atoms with van der Waals surface area (Å²) in [5.74, 6) is -0.117. The van der Waals surface area contributed by atoms with E-state index in [9.17, 15) is 4.79 Å². The molecule has 0 saturated heterocycles. The summed E-state index contributed by atoms with van der Waals surface area (Å²) in [4.78, 5) is 20.4. The monoisotopic (exact) mass is 284 g/mol. The number of aryl methyl sites for hydroxylation is 1. The van der Waals surface area contributed by atoms with Crippen molar-refractivity contribution in [3.8, 4) is 0 Å². The van der Waals surface area contributed by atoms with Gasteiger partial charge in [-0.15, -0.1) is 0 Å². The van der Waals surface area contributed by atoms with Crippen molar-refractivity contribution in [2.24, 2.45) is 0 Å². The number of fused-ring (bicyclic) bond motifs is 1. The van der Waals surface area contributed by atoms with Crippen LogP contribution in [-0.4, -0.2) is 30.1 Å². The van der Waals surface area contributed by atoms with Crippen molar-refractivity contribution in [2.45, 2.75) is 26.4 Å². The van der Waals surface area contributed by atoms with Crippen LogP contribution in [0.2, 0.25) is 0 Å². The Morgan fingerprint density at radius 1 is 1.48 bits per heavy atom. The molecule has 21 heavy (non-hydrogen) atoms. The molecule has 3 aromatic heterocycles. The van der Waals surface area contributed by atoms with Crippen LogP contribution in [0.4, 0.5) is 0 Å². The quantitative estimate of drug-likeness (QED) is 0.778. The molecule has 0 fully saturated rings. The lowest BCUT2D eigenvalue weighted by molar-refractivity contribution is -0.124. The van der Waals surface area contributed by atoms with Gasteiger partial charge < -0.3 is 9.72 Å². The fourth-order valence-electron chi connectivity index (χ4n) is 2.08. The average molecular weight is 284 g/mol. The average Bonchev–Trinajstić information content (AvgIpc) is 3.12. The number of aromatic nitrogens is 5. The molecular weight excluding hydrogens is 268 g/mol. The lowest BCUT2D eigenvalue weighted by Gasteiger charge is -2.10. The van der Waals surface area contributed by atoms with Gasteiger partial charge in [-0.25, -0.2) is 14.6 Å². The first-order valence-corrected chi connectivity index (χ1v) is 6.69. The molecule has 1 amide bonds. The van der Waals surface area contributed by atoms with Crippen LogP contribution in [0.3, 0.4) is 0 Å². The molecule has 0 bridgehead atoms. The van der Waals surface area contributed by atoms with Crippen molar-refractivity contribution in [1.82, 2.24) is 29.5 Å². The van der Waals surface area contributed by atoms with E-state index >= 15 is 0 Å². The van der Waals surface area contributed by atoms with Gasteiger partial charge in [0.15, 0.2) is 0 Å². The van der Waals surface area contributed by atoms with Crippen molar-refractivity contribution in [2.75, 3.05) is 0 Å². The Kier molecular flexibility index (Phi) is 3.39. The number of nitrogens with one attached hydrogen (secondary N) is 1.